The summed E-state index contributed by atoms with van der Waals surface area (Å²) in [6, 6.07) is 4.79. The Kier molecular flexibility index (Phi) is 5.23. The molecule has 27 heavy (non-hydrogen) atoms. The molecule has 0 spiro atoms. The maximum absolute atomic E-state index is 13.0. The van der Waals surface area contributed by atoms with Gasteiger partial charge in [-0.25, -0.2) is 4.98 Å². The molecule has 0 saturated heterocycles. The van der Waals surface area contributed by atoms with Gasteiger partial charge in [-0.15, -0.1) is 11.3 Å². The van der Waals surface area contributed by atoms with Crippen LogP contribution in [-0.4, -0.2) is 34.8 Å². The Hall–Kier alpha value is -2.42. The number of carbonyl (C=O) groups is 2. The summed E-state index contributed by atoms with van der Waals surface area (Å²) in [6.45, 7) is 1.83. The van der Waals surface area contributed by atoms with E-state index in [1.54, 1.807) is 6.92 Å². The SMILES string of the molecule is Cc1nc(C(=O)N(CC(N)=O)CC2CC2)c(-c2cccc(C(F)(F)F)c2)s1. The van der Waals surface area contributed by atoms with Gasteiger partial charge in [-0.3, -0.25) is 9.59 Å². The van der Waals surface area contributed by atoms with Gasteiger partial charge >= 0.3 is 6.18 Å². The molecule has 1 fully saturated rings. The van der Waals surface area contributed by atoms with Crippen LogP contribution in [0, 0.1) is 12.8 Å². The van der Waals surface area contributed by atoms with Crippen LogP contribution in [0.1, 0.15) is 33.9 Å². The quantitative estimate of drug-likeness (QED) is 0.811. The molecule has 3 rings (SSSR count). The standard InChI is InChI=1S/C18H18F3N3O2S/c1-10-23-15(17(26)24(9-14(22)25)8-11-5-6-11)16(27-10)12-3-2-4-13(7-12)18(19,20)21/h2-4,7,11H,5-6,8-9H2,1H3,(H2,22,25). The fraction of sp³-hybridized carbons (Fsp3) is 0.389. The van der Waals surface area contributed by atoms with Gasteiger partial charge in [0.1, 0.15) is 5.69 Å². The zero-order valence-corrected chi connectivity index (χ0v) is 15.4. The van der Waals surface area contributed by atoms with Gasteiger partial charge in [-0.05, 0) is 43.4 Å². The molecule has 1 aromatic heterocycles. The molecule has 2 aromatic rings. The number of halogens is 3. The Morgan fingerprint density at radius 2 is 2.04 bits per heavy atom. The third-order valence-corrected chi connectivity index (χ3v) is 5.22. The first-order chi connectivity index (χ1) is 12.6. The number of amides is 2. The fourth-order valence-electron chi connectivity index (χ4n) is 2.77. The highest BCUT2D eigenvalue weighted by molar-refractivity contribution is 7.15. The van der Waals surface area contributed by atoms with Gasteiger partial charge in [0.05, 0.1) is 22.0 Å². The lowest BCUT2D eigenvalue weighted by Crippen LogP contribution is -2.40. The lowest BCUT2D eigenvalue weighted by atomic mass is 10.1. The minimum absolute atomic E-state index is 0.0544. The number of hydrogen-bond donors (Lipinski definition) is 1. The molecule has 1 heterocycles. The summed E-state index contributed by atoms with van der Waals surface area (Å²) in [4.78, 5) is 30.2. The number of aromatic nitrogens is 1. The Morgan fingerprint density at radius 3 is 2.63 bits per heavy atom. The van der Waals surface area contributed by atoms with E-state index in [1.165, 1.54) is 17.0 Å². The third-order valence-electron chi connectivity index (χ3n) is 4.20. The van der Waals surface area contributed by atoms with Crippen molar-refractivity contribution in [2.75, 3.05) is 13.1 Å². The van der Waals surface area contributed by atoms with Gasteiger partial charge in [0.15, 0.2) is 0 Å². The van der Waals surface area contributed by atoms with Crippen molar-refractivity contribution in [1.82, 2.24) is 9.88 Å². The second-order valence-electron chi connectivity index (χ2n) is 6.58. The number of alkyl halides is 3. The third kappa shape index (κ3) is 4.65. The molecule has 0 bridgehead atoms. The molecule has 0 atom stereocenters. The van der Waals surface area contributed by atoms with Crippen LogP contribution in [0.15, 0.2) is 24.3 Å². The largest absolute Gasteiger partial charge is 0.416 e. The number of primary amides is 1. The second kappa shape index (κ2) is 7.30. The van der Waals surface area contributed by atoms with Crippen LogP contribution >= 0.6 is 11.3 Å². The Labute approximate surface area is 158 Å². The van der Waals surface area contributed by atoms with Gasteiger partial charge in [0.2, 0.25) is 5.91 Å². The molecule has 9 heteroatoms. The number of nitrogens with two attached hydrogens (primary N) is 1. The first-order valence-electron chi connectivity index (χ1n) is 8.38. The molecule has 1 aliphatic carbocycles. The number of carbonyl (C=O) groups excluding carboxylic acids is 2. The molecule has 2 amide bonds. The summed E-state index contributed by atoms with van der Waals surface area (Å²) in [5.41, 5.74) is 4.78. The minimum Gasteiger partial charge on any atom is -0.368 e. The molecule has 0 unspecified atom stereocenters. The topological polar surface area (TPSA) is 76.3 Å². The van der Waals surface area contributed by atoms with E-state index in [2.05, 4.69) is 4.98 Å². The van der Waals surface area contributed by atoms with Gasteiger partial charge in [0, 0.05) is 6.54 Å². The zero-order chi connectivity index (χ0) is 19.8. The van der Waals surface area contributed by atoms with Crippen LogP contribution in [0.2, 0.25) is 0 Å². The minimum atomic E-state index is -4.48. The molecular formula is C18H18F3N3O2S. The molecule has 5 nitrogen and oxygen atoms in total. The van der Waals surface area contributed by atoms with Crippen LogP contribution in [0.25, 0.3) is 10.4 Å². The molecule has 0 radical (unpaired) electrons. The molecule has 1 aromatic carbocycles. The summed E-state index contributed by atoms with van der Waals surface area (Å²) in [5.74, 6) is -0.806. The van der Waals surface area contributed by atoms with Gasteiger partial charge in [0.25, 0.3) is 5.91 Å². The molecular weight excluding hydrogens is 379 g/mol. The van der Waals surface area contributed by atoms with E-state index in [4.69, 9.17) is 5.73 Å². The van der Waals surface area contributed by atoms with Crippen molar-refractivity contribution >= 4 is 23.2 Å². The van der Waals surface area contributed by atoms with Gasteiger partial charge in [-0.1, -0.05) is 12.1 Å². The second-order valence-corrected chi connectivity index (χ2v) is 7.79. The lowest BCUT2D eigenvalue weighted by molar-refractivity contribution is -0.137. The highest BCUT2D eigenvalue weighted by atomic mass is 32.1. The van der Waals surface area contributed by atoms with E-state index in [0.717, 1.165) is 36.3 Å². The number of benzene rings is 1. The van der Waals surface area contributed by atoms with Crippen molar-refractivity contribution < 1.29 is 22.8 Å². The van der Waals surface area contributed by atoms with Crippen molar-refractivity contribution in [3.05, 3.63) is 40.5 Å². The van der Waals surface area contributed by atoms with E-state index in [0.29, 0.717) is 22.3 Å². The van der Waals surface area contributed by atoms with Crippen LogP contribution in [0.3, 0.4) is 0 Å². The Morgan fingerprint density at radius 1 is 1.33 bits per heavy atom. The maximum Gasteiger partial charge on any atom is 0.416 e. The van der Waals surface area contributed by atoms with Crippen molar-refractivity contribution in [2.45, 2.75) is 25.9 Å². The summed E-state index contributed by atoms with van der Waals surface area (Å²) < 4.78 is 39.1. The normalized spacial score (nSPS) is 14.2. The molecule has 144 valence electrons. The molecule has 1 aliphatic rings. The van der Waals surface area contributed by atoms with E-state index < -0.39 is 23.6 Å². The highest BCUT2D eigenvalue weighted by Gasteiger charge is 2.33. The number of aryl methyl sites for hydroxylation is 1. The fourth-order valence-corrected chi connectivity index (χ4v) is 3.68. The van der Waals surface area contributed by atoms with E-state index in [-0.39, 0.29) is 17.8 Å². The number of nitrogens with zero attached hydrogens (tertiary/aromatic N) is 2. The van der Waals surface area contributed by atoms with E-state index in [1.807, 2.05) is 0 Å². The van der Waals surface area contributed by atoms with Crippen molar-refractivity contribution in [1.29, 1.82) is 0 Å². The summed E-state index contributed by atoms with van der Waals surface area (Å²) in [6.07, 6.45) is -2.54. The van der Waals surface area contributed by atoms with E-state index >= 15 is 0 Å². The van der Waals surface area contributed by atoms with Crippen molar-refractivity contribution in [2.24, 2.45) is 11.7 Å². The Bertz CT molecular complexity index is 875. The van der Waals surface area contributed by atoms with Gasteiger partial charge < -0.3 is 10.6 Å². The Balaban J connectivity index is 1.97. The van der Waals surface area contributed by atoms with E-state index in [9.17, 15) is 22.8 Å². The lowest BCUT2D eigenvalue weighted by Gasteiger charge is -2.20. The molecule has 2 N–H and O–H groups in total. The molecule has 1 saturated carbocycles. The number of hydrogen-bond acceptors (Lipinski definition) is 4. The van der Waals surface area contributed by atoms with Crippen LogP contribution in [0.5, 0.6) is 0 Å². The smallest absolute Gasteiger partial charge is 0.368 e. The predicted molar refractivity (Wildman–Crippen MR) is 95.1 cm³/mol. The number of rotatable bonds is 6. The van der Waals surface area contributed by atoms with Crippen molar-refractivity contribution in [3.63, 3.8) is 0 Å². The average Bonchev–Trinajstić information content (AvgIpc) is 3.31. The summed E-state index contributed by atoms with van der Waals surface area (Å²) >= 11 is 1.14. The summed E-state index contributed by atoms with van der Waals surface area (Å²) in [7, 11) is 0. The van der Waals surface area contributed by atoms with Gasteiger partial charge in [-0.2, -0.15) is 13.2 Å². The van der Waals surface area contributed by atoms with Crippen LogP contribution in [-0.2, 0) is 11.0 Å². The summed E-state index contributed by atoms with van der Waals surface area (Å²) in [5, 5.41) is 0.552. The zero-order valence-electron chi connectivity index (χ0n) is 14.5. The first-order valence-corrected chi connectivity index (χ1v) is 9.19. The predicted octanol–water partition coefficient (Wildman–Crippen LogP) is 3.47. The first kappa shape index (κ1) is 19.3. The van der Waals surface area contributed by atoms with Crippen LogP contribution in [0.4, 0.5) is 13.2 Å². The maximum atomic E-state index is 13.0. The monoisotopic (exact) mass is 397 g/mol. The number of thiazole rings is 1. The molecule has 0 aliphatic heterocycles. The van der Waals surface area contributed by atoms with Crippen molar-refractivity contribution in [3.8, 4) is 10.4 Å². The highest BCUT2D eigenvalue weighted by Crippen LogP contribution is 2.36. The van der Waals surface area contributed by atoms with Crippen LogP contribution < -0.4 is 5.73 Å². The average molecular weight is 397 g/mol.